The van der Waals surface area contributed by atoms with E-state index in [1.54, 1.807) is 11.8 Å². The van der Waals surface area contributed by atoms with Gasteiger partial charge in [0.25, 0.3) is 0 Å². The lowest BCUT2D eigenvalue weighted by Gasteiger charge is -2.35. The molecule has 6 atom stereocenters. The zero-order chi connectivity index (χ0) is 24.3. The number of thioether (sulfide) groups is 1. The summed E-state index contributed by atoms with van der Waals surface area (Å²) in [5.41, 5.74) is 4.60. The van der Waals surface area contributed by atoms with Gasteiger partial charge in [-0.25, -0.2) is 4.79 Å². The van der Waals surface area contributed by atoms with Crippen LogP contribution in [0.25, 0.3) is 0 Å². The second-order valence-electron chi connectivity index (χ2n) is 9.61. The molecular formula is C24H34N6O3S. The molecule has 0 saturated carbocycles. The Hall–Kier alpha value is -2.37. The Morgan fingerprint density at radius 3 is 2.82 bits per heavy atom. The fraction of sp³-hybridized carbons (Fsp3) is 0.500. The van der Waals surface area contributed by atoms with E-state index in [2.05, 4.69) is 38.5 Å². The van der Waals surface area contributed by atoms with Crippen LogP contribution in [-0.4, -0.2) is 41.8 Å². The number of para-hydroxylation sites is 1. The molecule has 4 rings (SSSR count). The first-order chi connectivity index (χ1) is 16.2. The normalized spacial score (nSPS) is 27.6. The number of quaternary nitrogens is 1. The fourth-order valence-electron chi connectivity index (χ4n) is 4.16. The number of fused-ring (bicyclic) bond motifs is 2. The van der Waals surface area contributed by atoms with Gasteiger partial charge in [-0.2, -0.15) is 0 Å². The Kier molecular flexibility index (Phi) is 7.63. The predicted molar refractivity (Wildman–Crippen MR) is 136 cm³/mol. The van der Waals surface area contributed by atoms with Crippen LogP contribution in [0.4, 0.5) is 10.5 Å². The highest BCUT2D eigenvalue weighted by atomic mass is 32.2. The predicted octanol–water partition coefficient (Wildman–Crippen LogP) is 2.48. The minimum atomic E-state index is -0.594. The van der Waals surface area contributed by atoms with E-state index in [1.807, 2.05) is 64.2 Å². The summed E-state index contributed by atoms with van der Waals surface area (Å²) in [6.45, 7) is 7.33. The van der Waals surface area contributed by atoms with Crippen LogP contribution in [0.5, 0.6) is 0 Å². The third kappa shape index (κ3) is 6.19. The van der Waals surface area contributed by atoms with E-state index in [1.165, 1.54) is 5.57 Å². The van der Waals surface area contributed by atoms with Gasteiger partial charge in [0.05, 0.1) is 0 Å². The number of ether oxygens (including phenoxy) is 1. The molecule has 6 unspecified atom stereocenters. The molecule has 0 fully saturated rings. The average Bonchev–Trinajstić information content (AvgIpc) is 3.23. The second kappa shape index (κ2) is 10.5. The van der Waals surface area contributed by atoms with Gasteiger partial charge in [0.2, 0.25) is 0 Å². The molecule has 1 aromatic rings. The maximum absolute atomic E-state index is 13.1. The first kappa shape index (κ1) is 24.7. The lowest BCUT2D eigenvalue weighted by atomic mass is 9.86. The quantitative estimate of drug-likeness (QED) is 0.297. The number of rotatable bonds is 7. The number of aliphatic imine (C=N–C) groups is 1. The zero-order valence-corrected chi connectivity index (χ0v) is 20.8. The molecule has 1 amide bonds. The van der Waals surface area contributed by atoms with E-state index in [0.29, 0.717) is 12.8 Å². The molecular weight excluding hydrogens is 452 g/mol. The van der Waals surface area contributed by atoms with Gasteiger partial charge in [-0.3, -0.25) is 15.5 Å². The lowest BCUT2D eigenvalue weighted by Crippen LogP contribution is -3.18. The first-order valence-electron chi connectivity index (χ1n) is 11.7. The van der Waals surface area contributed by atoms with Crippen molar-refractivity contribution in [2.45, 2.75) is 70.0 Å². The van der Waals surface area contributed by atoms with Gasteiger partial charge in [-0.1, -0.05) is 49.0 Å². The molecule has 9 nitrogen and oxygen atoms in total. The SMILES string of the molecule is CCC(NC(=O)OC(C)(C)C)N[NH+]([O-])C1CC2=C(C=CC3C=NC(Nc4ccccc4)NC23)S1. The van der Waals surface area contributed by atoms with Crippen LogP contribution in [0.1, 0.15) is 40.5 Å². The van der Waals surface area contributed by atoms with E-state index < -0.39 is 17.9 Å². The van der Waals surface area contributed by atoms with E-state index in [-0.39, 0.29) is 28.8 Å². The van der Waals surface area contributed by atoms with Gasteiger partial charge in [-0.15, -0.1) is 5.43 Å². The number of hydrogen-bond donors (Lipinski definition) is 5. The summed E-state index contributed by atoms with van der Waals surface area (Å²) in [6.07, 6.45) is 6.19. The van der Waals surface area contributed by atoms with E-state index in [0.717, 1.165) is 10.6 Å². The van der Waals surface area contributed by atoms with Crippen molar-refractivity contribution >= 4 is 29.8 Å². The summed E-state index contributed by atoms with van der Waals surface area (Å²) in [4.78, 5) is 17.9. The molecule has 34 heavy (non-hydrogen) atoms. The zero-order valence-electron chi connectivity index (χ0n) is 20.0. The number of hydroxylamine groups is 1. The van der Waals surface area contributed by atoms with Crippen LogP contribution in [-0.2, 0) is 4.74 Å². The first-order valence-corrected chi connectivity index (χ1v) is 12.6. The molecule has 1 aliphatic carbocycles. The largest absolute Gasteiger partial charge is 0.612 e. The highest BCUT2D eigenvalue weighted by Crippen LogP contribution is 2.42. The summed E-state index contributed by atoms with van der Waals surface area (Å²) in [5.74, 6) is 0.159. The number of amides is 1. The topological polar surface area (TPSA) is 114 Å². The molecule has 5 N–H and O–H groups in total. The number of nitrogens with zero attached hydrogens (tertiary/aromatic N) is 1. The third-order valence-corrected chi connectivity index (χ3v) is 7.07. The van der Waals surface area contributed by atoms with Gasteiger partial charge in [-0.05, 0) is 44.9 Å². The Morgan fingerprint density at radius 1 is 1.35 bits per heavy atom. The van der Waals surface area contributed by atoms with Crippen molar-refractivity contribution in [3.8, 4) is 0 Å². The molecule has 0 spiro atoms. The highest BCUT2D eigenvalue weighted by molar-refractivity contribution is 8.03. The number of alkyl carbamates (subject to hydrolysis) is 1. The van der Waals surface area contributed by atoms with E-state index in [4.69, 9.17) is 4.74 Å². The fourth-order valence-corrected chi connectivity index (χ4v) is 5.42. The Balaban J connectivity index is 1.34. The molecule has 2 heterocycles. The number of allylic oxidation sites excluding steroid dienone is 1. The van der Waals surface area contributed by atoms with Crippen LogP contribution < -0.4 is 26.5 Å². The molecule has 0 aromatic heterocycles. The Bertz CT molecular complexity index is 961. The maximum Gasteiger partial charge on any atom is 0.409 e. The smallest absolute Gasteiger partial charge is 0.409 e. The molecule has 1 aromatic carbocycles. The average molecular weight is 487 g/mol. The highest BCUT2D eigenvalue weighted by Gasteiger charge is 2.40. The molecule has 0 radical (unpaired) electrons. The van der Waals surface area contributed by atoms with Crippen molar-refractivity contribution < 1.29 is 14.7 Å². The maximum atomic E-state index is 13.1. The number of benzene rings is 1. The number of carbonyl (C=O) groups excluding carboxylic acids is 1. The third-order valence-electron chi connectivity index (χ3n) is 5.75. The number of hydrogen-bond acceptors (Lipinski definition) is 8. The van der Waals surface area contributed by atoms with Crippen molar-refractivity contribution in [1.29, 1.82) is 0 Å². The summed E-state index contributed by atoms with van der Waals surface area (Å²) >= 11 is 1.58. The number of carbonyl (C=O) groups is 1. The standard InChI is InChI=1S/C24H34N6O3S/c1-5-19(27-23(31)33-24(2,3)4)29-30(32)20-13-17-18(34-20)12-11-15-14-25-22(28-21(15)17)26-16-9-7-6-8-10-16/h6-12,14-15,19-22,26,28-30H,5,13H2,1-4H3,(H,27,31). The van der Waals surface area contributed by atoms with E-state index >= 15 is 0 Å². The second-order valence-corrected chi connectivity index (χ2v) is 10.9. The molecule has 2 aliphatic heterocycles. The van der Waals surface area contributed by atoms with Crippen LogP contribution >= 0.6 is 11.8 Å². The van der Waals surface area contributed by atoms with Gasteiger partial charge < -0.3 is 20.6 Å². The monoisotopic (exact) mass is 486 g/mol. The minimum Gasteiger partial charge on any atom is -0.612 e. The molecule has 0 saturated heterocycles. The van der Waals surface area contributed by atoms with E-state index in [9.17, 15) is 10.0 Å². The summed E-state index contributed by atoms with van der Waals surface area (Å²) in [6, 6.07) is 10.1. The van der Waals surface area contributed by atoms with Gasteiger partial charge in [0, 0.05) is 35.2 Å². The lowest BCUT2D eigenvalue weighted by molar-refractivity contribution is -0.909. The summed E-state index contributed by atoms with van der Waals surface area (Å²) in [5, 5.41) is 22.5. The van der Waals surface area contributed by atoms with Gasteiger partial charge >= 0.3 is 6.09 Å². The number of nitrogens with one attached hydrogen (secondary N) is 5. The van der Waals surface area contributed by atoms with Crippen LogP contribution in [0.3, 0.4) is 0 Å². The number of anilines is 1. The summed E-state index contributed by atoms with van der Waals surface area (Å²) in [7, 11) is 0. The van der Waals surface area contributed by atoms with Crippen molar-refractivity contribution in [1.82, 2.24) is 16.1 Å². The van der Waals surface area contributed by atoms with Crippen LogP contribution in [0.15, 0.2) is 58.0 Å². The van der Waals surface area contributed by atoms with Crippen molar-refractivity contribution in [3.05, 3.63) is 58.2 Å². The van der Waals surface area contributed by atoms with Crippen molar-refractivity contribution in [2.75, 3.05) is 5.32 Å². The molecule has 184 valence electrons. The molecule has 0 bridgehead atoms. The van der Waals surface area contributed by atoms with Gasteiger partial charge in [0.1, 0.15) is 11.8 Å². The Labute approximate surface area is 205 Å². The van der Waals surface area contributed by atoms with Crippen molar-refractivity contribution in [3.63, 3.8) is 0 Å². The molecule has 3 aliphatic rings. The van der Waals surface area contributed by atoms with Crippen LogP contribution in [0.2, 0.25) is 0 Å². The summed E-state index contributed by atoms with van der Waals surface area (Å²) < 4.78 is 5.32. The minimum absolute atomic E-state index is 0.0873. The van der Waals surface area contributed by atoms with Crippen LogP contribution in [0, 0.1) is 11.1 Å². The Morgan fingerprint density at radius 2 is 2.12 bits per heavy atom. The molecule has 10 heteroatoms. The van der Waals surface area contributed by atoms with Crippen molar-refractivity contribution in [2.24, 2.45) is 10.9 Å². The van der Waals surface area contributed by atoms with Gasteiger partial charge in [0.15, 0.2) is 11.7 Å².